The lowest BCUT2D eigenvalue weighted by molar-refractivity contribution is 0.194. The van der Waals surface area contributed by atoms with E-state index in [1.165, 1.54) is 7.11 Å². The molecule has 4 heteroatoms. The van der Waals surface area contributed by atoms with E-state index in [1.807, 2.05) is 24.3 Å². The van der Waals surface area contributed by atoms with Crippen LogP contribution < -0.4 is 4.74 Å². The van der Waals surface area contributed by atoms with Gasteiger partial charge in [-0.1, -0.05) is 18.2 Å². The molecule has 1 N–H and O–H groups in total. The van der Waals surface area contributed by atoms with Crippen molar-refractivity contribution in [1.29, 1.82) is 0 Å². The van der Waals surface area contributed by atoms with Gasteiger partial charge >= 0.3 is 0 Å². The minimum atomic E-state index is -0.625. The number of rotatable bonds is 2. The van der Waals surface area contributed by atoms with Crippen LogP contribution in [0, 0.1) is 0 Å². The van der Waals surface area contributed by atoms with E-state index in [0.717, 1.165) is 10.9 Å². The van der Waals surface area contributed by atoms with Gasteiger partial charge in [0.05, 0.1) is 24.3 Å². The maximum Gasteiger partial charge on any atom is 0.239 e. The molecule has 1 aromatic carbocycles. The molecular weight excluding hydrogens is 192 g/mol. The highest BCUT2D eigenvalue weighted by molar-refractivity contribution is 5.83. The summed E-state index contributed by atoms with van der Waals surface area (Å²) in [5.41, 5.74) is 1.44. The van der Waals surface area contributed by atoms with E-state index in [2.05, 4.69) is 10.2 Å². The molecule has 2 aromatic rings. The maximum absolute atomic E-state index is 9.69. The average molecular weight is 204 g/mol. The predicted octanol–water partition coefficient (Wildman–Crippen LogP) is 1.69. The molecular formula is C11H12N2O2. The predicted molar refractivity (Wildman–Crippen MR) is 56.7 cm³/mol. The summed E-state index contributed by atoms with van der Waals surface area (Å²) in [6, 6.07) is 7.53. The Balaban J connectivity index is 2.79. The summed E-state index contributed by atoms with van der Waals surface area (Å²) in [6.07, 6.45) is -0.625. The lowest BCUT2D eigenvalue weighted by Crippen LogP contribution is -2.02. The second-order valence-corrected chi connectivity index (χ2v) is 3.32. The smallest absolute Gasteiger partial charge is 0.239 e. The number of aromatic nitrogens is 2. The molecule has 0 saturated heterocycles. The number of aliphatic hydroxyl groups excluding tert-OH is 1. The number of aliphatic hydroxyl groups is 1. The molecule has 0 radical (unpaired) electrons. The van der Waals surface area contributed by atoms with Crippen molar-refractivity contribution in [3.8, 4) is 5.88 Å². The van der Waals surface area contributed by atoms with Gasteiger partial charge in [0.25, 0.3) is 0 Å². The highest BCUT2D eigenvalue weighted by Crippen LogP contribution is 2.29. The van der Waals surface area contributed by atoms with Gasteiger partial charge in [-0.15, -0.1) is 10.2 Å². The minimum absolute atomic E-state index is 0.378. The van der Waals surface area contributed by atoms with E-state index in [9.17, 15) is 5.11 Å². The fourth-order valence-corrected chi connectivity index (χ4v) is 1.61. The molecule has 15 heavy (non-hydrogen) atoms. The molecule has 0 aliphatic rings. The highest BCUT2D eigenvalue weighted by atomic mass is 16.5. The first-order chi connectivity index (χ1) is 7.24. The number of hydrogen-bond acceptors (Lipinski definition) is 4. The van der Waals surface area contributed by atoms with Crippen molar-refractivity contribution in [2.75, 3.05) is 7.11 Å². The molecule has 1 heterocycles. The second kappa shape index (κ2) is 3.82. The summed E-state index contributed by atoms with van der Waals surface area (Å²) >= 11 is 0. The fraction of sp³-hybridized carbons (Fsp3) is 0.273. The molecule has 0 aliphatic carbocycles. The van der Waals surface area contributed by atoms with Crippen LogP contribution in [0.5, 0.6) is 5.88 Å². The molecule has 0 bridgehead atoms. The normalized spacial score (nSPS) is 12.7. The Morgan fingerprint density at radius 1 is 1.27 bits per heavy atom. The summed E-state index contributed by atoms with van der Waals surface area (Å²) in [5, 5.41) is 18.5. The SMILES string of the molecule is COc1nnc2ccccc2c1C(C)O. The molecule has 4 nitrogen and oxygen atoms in total. The molecule has 0 saturated carbocycles. The van der Waals surface area contributed by atoms with E-state index in [4.69, 9.17) is 4.74 Å². The van der Waals surface area contributed by atoms with E-state index >= 15 is 0 Å². The van der Waals surface area contributed by atoms with Crippen LogP contribution in [0.1, 0.15) is 18.6 Å². The van der Waals surface area contributed by atoms with Gasteiger partial charge in [0.15, 0.2) is 0 Å². The Morgan fingerprint density at radius 3 is 2.67 bits per heavy atom. The first kappa shape index (κ1) is 9.86. The highest BCUT2D eigenvalue weighted by Gasteiger charge is 2.14. The van der Waals surface area contributed by atoms with Crippen LogP contribution >= 0.6 is 0 Å². The van der Waals surface area contributed by atoms with Crippen LogP contribution in [-0.4, -0.2) is 22.4 Å². The van der Waals surface area contributed by atoms with E-state index in [-0.39, 0.29) is 0 Å². The Labute approximate surface area is 87.5 Å². The van der Waals surface area contributed by atoms with Crippen molar-refractivity contribution in [3.05, 3.63) is 29.8 Å². The van der Waals surface area contributed by atoms with Crippen LogP contribution in [0.2, 0.25) is 0 Å². The molecule has 1 aromatic heterocycles. The maximum atomic E-state index is 9.69. The summed E-state index contributed by atoms with van der Waals surface area (Å²) in [6.45, 7) is 1.69. The minimum Gasteiger partial charge on any atom is -0.480 e. The number of ether oxygens (including phenoxy) is 1. The Kier molecular flexibility index (Phi) is 2.51. The molecule has 1 atom stereocenters. The zero-order valence-corrected chi connectivity index (χ0v) is 8.64. The van der Waals surface area contributed by atoms with Crippen molar-refractivity contribution < 1.29 is 9.84 Å². The topological polar surface area (TPSA) is 55.2 Å². The van der Waals surface area contributed by atoms with Crippen LogP contribution in [0.25, 0.3) is 10.9 Å². The van der Waals surface area contributed by atoms with Crippen LogP contribution in [-0.2, 0) is 0 Å². The van der Waals surface area contributed by atoms with Crippen molar-refractivity contribution in [2.24, 2.45) is 0 Å². The molecule has 1 unspecified atom stereocenters. The lowest BCUT2D eigenvalue weighted by atomic mass is 10.1. The third kappa shape index (κ3) is 1.64. The van der Waals surface area contributed by atoms with E-state index in [1.54, 1.807) is 6.92 Å². The third-order valence-electron chi connectivity index (χ3n) is 2.28. The van der Waals surface area contributed by atoms with Crippen molar-refractivity contribution >= 4 is 10.9 Å². The molecule has 0 amide bonds. The number of methoxy groups -OCH3 is 1. The Hall–Kier alpha value is -1.68. The van der Waals surface area contributed by atoms with Crippen molar-refractivity contribution in [1.82, 2.24) is 10.2 Å². The quantitative estimate of drug-likeness (QED) is 0.808. The third-order valence-corrected chi connectivity index (χ3v) is 2.28. The zero-order valence-electron chi connectivity index (χ0n) is 8.64. The van der Waals surface area contributed by atoms with Gasteiger partial charge in [0, 0.05) is 5.39 Å². The first-order valence-electron chi connectivity index (χ1n) is 4.71. The van der Waals surface area contributed by atoms with E-state index in [0.29, 0.717) is 11.4 Å². The first-order valence-corrected chi connectivity index (χ1v) is 4.71. The average Bonchev–Trinajstić information content (AvgIpc) is 2.27. The summed E-state index contributed by atoms with van der Waals surface area (Å²) < 4.78 is 5.08. The van der Waals surface area contributed by atoms with Gasteiger partial charge in [0.1, 0.15) is 0 Å². The van der Waals surface area contributed by atoms with Gasteiger partial charge in [-0.2, -0.15) is 0 Å². The summed E-state index contributed by atoms with van der Waals surface area (Å²) in [7, 11) is 1.52. The Bertz CT molecular complexity index is 483. The standard InChI is InChI=1S/C11H12N2O2/c1-7(14)10-8-5-3-4-6-9(8)12-13-11(10)15-2/h3-7,14H,1-2H3. The molecule has 0 spiro atoms. The van der Waals surface area contributed by atoms with Crippen molar-refractivity contribution in [3.63, 3.8) is 0 Å². The number of benzene rings is 1. The van der Waals surface area contributed by atoms with Gasteiger partial charge in [-0.05, 0) is 13.0 Å². The van der Waals surface area contributed by atoms with Gasteiger partial charge in [0.2, 0.25) is 5.88 Å². The van der Waals surface area contributed by atoms with Gasteiger partial charge in [-0.3, -0.25) is 0 Å². The Morgan fingerprint density at radius 2 is 2.00 bits per heavy atom. The number of nitrogens with zero attached hydrogens (tertiary/aromatic N) is 2. The van der Waals surface area contributed by atoms with Crippen LogP contribution in [0.4, 0.5) is 0 Å². The number of hydrogen-bond donors (Lipinski definition) is 1. The van der Waals surface area contributed by atoms with Crippen LogP contribution in [0.3, 0.4) is 0 Å². The zero-order chi connectivity index (χ0) is 10.8. The summed E-state index contributed by atoms with van der Waals surface area (Å²) in [4.78, 5) is 0. The van der Waals surface area contributed by atoms with Gasteiger partial charge < -0.3 is 9.84 Å². The van der Waals surface area contributed by atoms with Crippen LogP contribution in [0.15, 0.2) is 24.3 Å². The molecule has 0 fully saturated rings. The van der Waals surface area contributed by atoms with E-state index < -0.39 is 6.10 Å². The largest absolute Gasteiger partial charge is 0.480 e. The molecule has 2 rings (SSSR count). The number of fused-ring (bicyclic) bond motifs is 1. The lowest BCUT2D eigenvalue weighted by Gasteiger charge is -2.11. The monoisotopic (exact) mass is 204 g/mol. The van der Waals surface area contributed by atoms with Gasteiger partial charge in [-0.25, -0.2) is 0 Å². The second-order valence-electron chi connectivity index (χ2n) is 3.32. The summed E-state index contributed by atoms with van der Waals surface area (Å²) in [5.74, 6) is 0.378. The fourth-order valence-electron chi connectivity index (χ4n) is 1.61. The molecule has 78 valence electrons. The van der Waals surface area contributed by atoms with Crippen molar-refractivity contribution in [2.45, 2.75) is 13.0 Å². The molecule has 0 aliphatic heterocycles.